The van der Waals surface area contributed by atoms with E-state index in [0.29, 0.717) is 79.6 Å². The zero-order valence-corrected chi connectivity index (χ0v) is 67.7. The van der Waals surface area contributed by atoms with Gasteiger partial charge in [0.2, 0.25) is 0 Å². The summed E-state index contributed by atoms with van der Waals surface area (Å²) in [6.07, 6.45) is 11.0. The fraction of sp³-hybridized carbons (Fsp3) is 0.418. The standard InChI is InChI=1S/C28H35N5O3S.C26H36ClN5O3S.C25H28N6O5S/c1-19-17-28(5,6)33(18-19)25-22(12-9-15-29-25)26(34)32-37(35,36)24-14-8-13-23(31-24)30-21-11-7-10-20(16-21)27(2,3)4;1-20-18-26(2,3)32(19-20)24-23(7-4-12-28-24)25(33)29-36(34,35)31-16-14-30(15-17-31)13-5-6-21-8-10-22(27)11-9-21;1-16-13-25(2,3)31(15-16)22-18(7-6-12-26-22)23(32)30-37(34,35)21-9-5-8-20(29-21)28-19-11-10-17(14-27-19)24(33)36-4/h7-16,19H,17-18H2,1-6H3,(H,30,31)(H,32,34);4,7-12,20H,5-6,13-19H2,1-3H3,(H,29,33);5-12,14,16H,13,15H2,1-4H3,(H,30,32)(H,27,28,29)/t;20-;/m.0./s1. The maximum Gasteiger partial charge on any atom is 0.339 e. The first-order valence-electron chi connectivity index (χ1n) is 36.6. The molecule has 586 valence electrons. The van der Waals surface area contributed by atoms with E-state index in [1.807, 2.05) is 53.4 Å². The molecule has 0 saturated carbocycles. The Bertz CT molecular complexity index is 4990. The summed E-state index contributed by atoms with van der Waals surface area (Å²) in [5, 5.41) is 6.18. The van der Waals surface area contributed by atoms with Crippen LogP contribution in [0.3, 0.4) is 0 Å². The Morgan fingerprint density at radius 2 is 0.973 bits per heavy atom. The highest BCUT2D eigenvalue weighted by molar-refractivity contribution is 7.90. The number of anilines is 7. The molecule has 8 aromatic rings. The molecule has 5 N–H and O–H groups in total. The lowest BCUT2D eigenvalue weighted by molar-refractivity contribution is 0.0599. The highest BCUT2D eigenvalue weighted by atomic mass is 35.5. The van der Waals surface area contributed by atoms with Gasteiger partial charge in [-0.25, -0.2) is 48.9 Å². The molecule has 31 heteroatoms. The molecule has 6 aromatic heterocycles. The fourth-order valence-electron chi connectivity index (χ4n) is 14.6. The summed E-state index contributed by atoms with van der Waals surface area (Å²) >= 11 is 5.94. The van der Waals surface area contributed by atoms with Crippen LogP contribution in [-0.4, -0.2) is 164 Å². The molecule has 110 heavy (non-hydrogen) atoms. The number of hydrogen-bond acceptors (Lipinski definition) is 23. The van der Waals surface area contributed by atoms with Crippen molar-refractivity contribution in [2.45, 2.75) is 147 Å². The lowest BCUT2D eigenvalue weighted by Gasteiger charge is -2.34. The summed E-state index contributed by atoms with van der Waals surface area (Å²) in [5.74, 6) is 0.924. The number of rotatable bonds is 21. The molecule has 0 radical (unpaired) electrons. The number of carbonyl (C=O) groups is 4. The van der Waals surface area contributed by atoms with Crippen molar-refractivity contribution in [1.82, 2.24) is 53.3 Å². The van der Waals surface area contributed by atoms with E-state index in [9.17, 15) is 44.4 Å². The fourth-order valence-corrected chi connectivity index (χ4v) is 17.7. The van der Waals surface area contributed by atoms with Gasteiger partial charge in [-0.2, -0.15) is 29.6 Å². The van der Waals surface area contributed by atoms with E-state index in [4.69, 9.17) is 11.6 Å². The molecule has 4 saturated heterocycles. The monoisotopic (exact) mass is 1580 g/mol. The zero-order valence-electron chi connectivity index (χ0n) is 64.4. The normalized spacial score (nSPS) is 18.4. The van der Waals surface area contributed by atoms with Crippen LogP contribution in [0.15, 0.2) is 168 Å². The summed E-state index contributed by atoms with van der Waals surface area (Å²) in [5.41, 5.74) is 3.46. The minimum atomic E-state index is -4.30. The zero-order chi connectivity index (χ0) is 79.7. The van der Waals surface area contributed by atoms with Crippen LogP contribution in [-0.2, 0) is 46.8 Å². The minimum absolute atomic E-state index is 0.0337. The number of piperazine rings is 1. The van der Waals surface area contributed by atoms with Gasteiger partial charge < -0.3 is 35.0 Å². The van der Waals surface area contributed by atoms with E-state index in [2.05, 4.69) is 157 Å². The number of amides is 3. The number of aromatic nitrogens is 6. The van der Waals surface area contributed by atoms with Crippen LogP contribution in [0.5, 0.6) is 0 Å². The predicted octanol–water partition coefficient (Wildman–Crippen LogP) is 12.0. The van der Waals surface area contributed by atoms with Crippen molar-refractivity contribution in [3.8, 4) is 0 Å². The molecule has 3 amide bonds. The molecule has 4 aliphatic heterocycles. The summed E-state index contributed by atoms with van der Waals surface area (Å²) < 4.78 is 91.1. The highest BCUT2D eigenvalue weighted by Crippen LogP contribution is 2.40. The van der Waals surface area contributed by atoms with Crippen molar-refractivity contribution in [2.24, 2.45) is 17.8 Å². The Kier molecular flexibility index (Phi) is 25.8. The Morgan fingerprint density at radius 1 is 0.527 bits per heavy atom. The van der Waals surface area contributed by atoms with Gasteiger partial charge in [0, 0.05) is 97.9 Å². The Morgan fingerprint density at radius 3 is 1.39 bits per heavy atom. The number of carbonyl (C=O) groups excluding carboxylic acids is 4. The third-order valence-electron chi connectivity index (χ3n) is 19.7. The summed E-state index contributed by atoms with van der Waals surface area (Å²) in [7, 11) is -11.2. The maximum absolute atomic E-state index is 13.2. The predicted molar refractivity (Wildman–Crippen MR) is 428 cm³/mol. The van der Waals surface area contributed by atoms with Crippen LogP contribution in [0.25, 0.3) is 0 Å². The highest BCUT2D eigenvalue weighted by Gasteiger charge is 2.42. The molecular weight excluding hydrogens is 1480 g/mol. The minimum Gasteiger partial charge on any atom is -0.465 e. The van der Waals surface area contributed by atoms with Crippen LogP contribution in [0.1, 0.15) is 161 Å². The molecule has 4 fully saturated rings. The molecule has 2 aromatic carbocycles. The van der Waals surface area contributed by atoms with Crippen LogP contribution >= 0.6 is 11.6 Å². The van der Waals surface area contributed by atoms with Crippen molar-refractivity contribution in [2.75, 3.05) is 84.8 Å². The smallest absolute Gasteiger partial charge is 0.339 e. The number of halogens is 1. The van der Waals surface area contributed by atoms with Crippen LogP contribution in [0.4, 0.5) is 40.6 Å². The number of sulfonamides is 2. The van der Waals surface area contributed by atoms with Crippen molar-refractivity contribution in [1.29, 1.82) is 0 Å². The van der Waals surface area contributed by atoms with E-state index in [-0.39, 0.29) is 60.2 Å². The van der Waals surface area contributed by atoms with Gasteiger partial charge in [-0.05, 0) is 212 Å². The van der Waals surface area contributed by atoms with Gasteiger partial charge in [-0.1, -0.05) is 89.5 Å². The number of nitrogens with one attached hydrogen (secondary N) is 5. The number of ether oxygens (including phenoxy) is 1. The number of benzene rings is 2. The molecule has 0 aliphatic carbocycles. The largest absolute Gasteiger partial charge is 0.465 e. The second-order valence-electron chi connectivity index (χ2n) is 31.3. The summed E-state index contributed by atoms with van der Waals surface area (Å²) in [6, 6.07) is 37.4. The molecule has 10 heterocycles. The molecule has 0 bridgehead atoms. The van der Waals surface area contributed by atoms with E-state index < -0.39 is 53.9 Å². The van der Waals surface area contributed by atoms with Gasteiger partial charge in [0.05, 0.1) is 29.4 Å². The molecule has 3 atom stereocenters. The van der Waals surface area contributed by atoms with Crippen molar-refractivity contribution < 1.29 is 49.2 Å². The van der Waals surface area contributed by atoms with E-state index >= 15 is 0 Å². The summed E-state index contributed by atoms with van der Waals surface area (Å²) in [4.78, 5) is 85.4. The Hall–Kier alpha value is -9.72. The topological polar surface area (TPSA) is 334 Å². The maximum atomic E-state index is 13.2. The van der Waals surface area contributed by atoms with E-state index in [1.54, 1.807) is 73.2 Å². The van der Waals surface area contributed by atoms with E-state index in [1.165, 1.54) is 53.5 Å². The second-order valence-corrected chi connectivity index (χ2v) is 36.7. The number of hydrogen-bond donors (Lipinski definition) is 5. The van der Waals surface area contributed by atoms with Gasteiger partial charge >= 0.3 is 16.2 Å². The third-order valence-corrected chi connectivity index (χ3v) is 23.9. The van der Waals surface area contributed by atoms with Crippen molar-refractivity contribution in [3.05, 3.63) is 197 Å². The van der Waals surface area contributed by atoms with Gasteiger partial charge in [0.25, 0.3) is 37.8 Å². The Labute approximate surface area is 651 Å². The van der Waals surface area contributed by atoms with Gasteiger partial charge in [-0.15, -0.1) is 0 Å². The quantitative estimate of drug-likeness (QED) is 0.0417. The van der Waals surface area contributed by atoms with Crippen LogP contribution in [0.2, 0.25) is 5.02 Å². The lowest BCUT2D eigenvalue weighted by Crippen LogP contribution is -2.53. The number of nitrogens with zero attached hydrogens (tertiary/aromatic N) is 11. The summed E-state index contributed by atoms with van der Waals surface area (Å²) in [6.45, 7) is 30.5. The second kappa shape index (κ2) is 34.3. The molecular formula is C79H99ClN16O11S3. The van der Waals surface area contributed by atoms with Gasteiger partial charge in [0.1, 0.15) is 34.9 Å². The first-order valence-corrected chi connectivity index (χ1v) is 41.3. The average Bonchev–Trinajstić information content (AvgIpc) is 1.66. The molecule has 4 aliphatic rings. The van der Waals surface area contributed by atoms with Crippen LogP contribution in [0, 0.1) is 17.8 Å². The van der Waals surface area contributed by atoms with Gasteiger partial charge in [-0.3, -0.25) is 14.4 Å². The van der Waals surface area contributed by atoms with E-state index in [0.717, 1.165) is 68.0 Å². The Balaban J connectivity index is 0.000000176. The average molecular weight is 1580 g/mol. The van der Waals surface area contributed by atoms with Gasteiger partial charge in [0.15, 0.2) is 10.1 Å². The third kappa shape index (κ3) is 20.8. The first kappa shape index (κ1) is 82.8. The van der Waals surface area contributed by atoms with Crippen LogP contribution < -0.4 is 39.5 Å². The first-order chi connectivity index (χ1) is 51.8. The van der Waals surface area contributed by atoms with Crippen molar-refractivity contribution >= 4 is 106 Å². The number of methoxy groups -OCH3 is 1. The molecule has 27 nitrogen and oxygen atoms in total. The molecule has 12 rings (SSSR count). The molecule has 0 spiro atoms. The number of aryl methyl sites for hydroxylation is 1. The lowest BCUT2D eigenvalue weighted by atomic mass is 9.87. The number of esters is 1. The van der Waals surface area contributed by atoms with Crippen molar-refractivity contribution in [3.63, 3.8) is 0 Å². The number of pyridine rings is 6. The molecule has 2 unspecified atom stereocenters. The SMILES string of the molecule is CC1CN(c2ncccc2C(=O)NS(=O)(=O)c2cccc(Nc3cccc(C(C)(C)C)c3)n2)C(C)(C)C1.COC(=O)c1ccc(Nc2cccc(S(=O)(=O)NC(=O)c3cccnc3N3CC(C)CC3(C)C)n2)nc1.C[C@@H]1CN(c2ncccc2C(=O)NS(=O)(=O)N2CCN(CCCc3ccc(Cl)cc3)CC2)C(C)(C)C1.